The average Bonchev–Trinajstić information content (AvgIpc) is 2.87. The molecule has 7 heteroatoms. The third-order valence-corrected chi connectivity index (χ3v) is 2.90. The minimum absolute atomic E-state index is 0.0438. The van der Waals surface area contributed by atoms with Gasteiger partial charge in [0.25, 0.3) is 5.69 Å². The van der Waals surface area contributed by atoms with Crippen LogP contribution in [-0.4, -0.2) is 24.0 Å². The number of carbonyl (C=O) groups excluding carboxylic acids is 1. The Balaban J connectivity index is 2.19. The summed E-state index contributed by atoms with van der Waals surface area (Å²) in [7, 11) is 1.31. The van der Waals surface area contributed by atoms with Crippen molar-refractivity contribution in [1.29, 1.82) is 0 Å². The number of hydrogen-bond acceptors (Lipinski definition) is 6. The molecule has 18 heavy (non-hydrogen) atoms. The van der Waals surface area contributed by atoms with Gasteiger partial charge in [-0.05, 0) is 6.42 Å². The van der Waals surface area contributed by atoms with Crippen molar-refractivity contribution in [1.82, 2.24) is 10.9 Å². The highest BCUT2D eigenvalue weighted by Gasteiger charge is 2.33. The topological polar surface area (TPSA) is 93.5 Å². The molecular formula is C11H13N3O4. The summed E-state index contributed by atoms with van der Waals surface area (Å²) in [6.07, 6.45) is 0.414. The Morgan fingerprint density at radius 1 is 1.44 bits per heavy atom. The molecule has 96 valence electrons. The Hall–Kier alpha value is -1.99. The quantitative estimate of drug-likeness (QED) is 0.466. The molecule has 0 aliphatic carbocycles. The summed E-state index contributed by atoms with van der Waals surface area (Å²) in [4.78, 5) is 21.8. The third kappa shape index (κ3) is 2.31. The van der Waals surface area contributed by atoms with Gasteiger partial charge in [-0.2, -0.15) is 0 Å². The van der Waals surface area contributed by atoms with Crippen molar-refractivity contribution in [2.24, 2.45) is 0 Å². The van der Waals surface area contributed by atoms with Gasteiger partial charge in [0.2, 0.25) is 0 Å². The minimum Gasteiger partial charge on any atom is -0.468 e. The molecule has 2 N–H and O–H groups in total. The van der Waals surface area contributed by atoms with Crippen molar-refractivity contribution >= 4 is 11.7 Å². The molecule has 2 unspecified atom stereocenters. The van der Waals surface area contributed by atoms with Gasteiger partial charge >= 0.3 is 5.97 Å². The fraction of sp³-hybridized carbons (Fsp3) is 0.364. The van der Waals surface area contributed by atoms with Gasteiger partial charge in [0, 0.05) is 11.6 Å². The van der Waals surface area contributed by atoms with Crippen LogP contribution in [0.5, 0.6) is 0 Å². The van der Waals surface area contributed by atoms with E-state index in [4.69, 9.17) is 0 Å². The van der Waals surface area contributed by atoms with E-state index in [1.807, 2.05) is 0 Å². The predicted octanol–water partition coefficient (Wildman–Crippen LogP) is 0.675. The van der Waals surface area contributed by atoms with E-state index in [2.05, 4.69) is 15.6 Å². The molecule has 1 fully saturated rings. The summed E-state index contributed by atoms with van der Waals surface area (Å²) in [5.74, 6) is -0.386. The molecule has 1 aliphatic heterocycles. The Morgan fingerprint density at radius 2 is 2.17 bits per heavy atom. The molecule has 0 aromatic heterocycles. The van der Waals surface area contributed by atoms with E-state index >= 15 is 0 Å². The normalized spacial score (nSPS) is 22.7. The van der Waals surface area contributed by atoms with Crippen molar-refractivity contribution in [2.45, 2.75) is 18.5 Å². The fourth-order valence-corrected chi connectivity index (χ4v) is 2.01. The van der Waals surface area contributed by atoms with Gasteiger partial charge in [-0.15, -0.1) is 0 Å². The zero-order valence-electron chi connectivity index (χ0n) is 9.75. The molecule has 1 aromatic carbocycles. The Kier molecular flexibility index (Phi) is 3.54. The SMILES string of the molecule is COC(=O)C1CC(c2ccccc2[N+](=O)[O-])NN1. The molecule has 1 aliphatic rings. The van der Waals surface area contributed by atoms with Crippen LogP contribution in [0.25, 0.3) is 0 Å². The van der Waals surface area contributed by atoms with E-state index < -0.39 is 11.0 Å². The van der Waals surface area contributed by atoms with Crippen molar-refractivity contribution in [3.63, 3.8) is 0 Å². The van der Waals surface area contributed by atoms with E-state index in [9.17, 15) is 14.9 Å². The van der Waals surface area contributed by atoms with Crippen molar-refractivity contribution in [3.8, 4) is 0 Å². The van der Waals surface area contributed by atoms with Crippen molar-refractivity contribution in [2.75, 3.05) is 7.11 Å². The maximum atomic E-state index is 11.4. The number of nitro groups is 1. The second-order valence-corrected chi connectivity index (χ2v) is 3.97. The highest BCUT2D eigenvalue weighted by atomic mass is 16.6. The lowest BCUT2D eigenvalue weighted by Gasteiger charge is -2.09. The first-order valence-electron chi connectivity index (χ1n) is 5.45. The second kappa shape index (κ2) is 5.11. The number of rotatable bonds is 3. The average molecular weight is 251 g/mol. The van der Waals surface area contributed by atoms with Gasteiger partial charge in [-0.1, -0.05) is 18.2 Å². The first-order valence-corrected chi connectivity index (χ1v) is 5.45. The molecule has 2 rings (SSSR count). The first-order chi connectivity index (χ1) is 8.63. The smallest absolute Gasteiger partial charge is 0.324 e. The highest BCUT2D eigenvalue weighted by molar-refractivity contribution is 5.76. The largest absolute Gasteiger partial charge is 0.468 e. The molecule has 1 saturated heterocycles. The van der Waals surface area contributed by atoms with Gasteiger partial charge in [0.15, 0.2) is 0 Å². The summed E-state index contributed by atoms with van der Waals surface area (Å²) >= 11 is 0. The molecule has 0 saturated carbocycles. The highest BCUT2D eigenvalue weighted by Crippen LogP contribution is 2.29. The van der Waals surface area contributed by atoms with Gasteiger partial charge in [0.1, 0.15) is 6.04 Å². The van der Waals surface area contributed by atoms with Crippen LogP contribution in [0.1, 0.15) is 18.0 Å². The lowest BCUT2D eigenvalue weighted by Crippen LogP contribution is -2.36. The van der Waals surface area contributed by atoms with Crippen LogP contribution < -0.4 is 10.9 Å². The Bertz CT molecular complexity index is 477. The number of nitro benzene ring substituents is 1. The molecule has 0 spiro atoms. The van der Waals surface area contributed by atoms with Gasteiger partial charge in [0.05, 0.1) is 18.1 Å². The van der Waals surface area contributed by atoms with E-state index in [0.29, 0.717) is 12.0 Å². The number of esters is 1. The lowest BCUT2D eigenvalue weighted by molar-refractivity contribution is -0.385. The Labute approximate surface area is 103 Å². The molecule has 0 bridgehead atoms. The molecule has 1 aromatic rings. The number of ether oxygens (including phenoxy) is 1. The van der Waals surface area contributed by atoms with Crippen LogP contribution in [0.4, 0.5) is 5.69 Å². The molecule has 1 heterocycles. The van der Waals surface area contributed by atoms with Crippen LogP contribution in [0.2, 0.25) is 0 Å². The van der Waals surface area contributed by atoms with E-state index in [0.717, 1.165) is 0 Å². The van der Waals surface area contributed by atoms with Gasteiger partial charge < -0.3 is 4.74 Å². The number of nitrogens with one attached hydrogen (secondary N) is 2. The lowest BCUT2D eigenvalue weighted by atomic mass is 10.0. The summed E-state index contributed by atoms with van der Waals surface area (Å²) in [5, 5.41) is 10.9. The maximum Gasteiger partial charge on any atom is 0.324 e. The zero-order valence-corrected chi connectivity index (χ0v) is 9.75. The summed E-state index contributed by atoms with van der Waals surface area (Å²) in [6.45, 7) is 0. The number of hydrazine groups is 1. The first kappa shape index (κ1) is 12.5. The number of carbonyl (C=O) groups is 1. The van der Waals surface area contributed by atoms with E-state index in [1.54, 1.807) is 18.2 Å². The molecule has 0 amide bonds. The van der Waals surface area contributed by atoms with Gasteiger partial charge in [-0.25, -0.2) is 10.9 Å². The molecule has 2 atom stereocenters. The van der Waals surface area contributed by atoms with Gasteiger partial charge in [-0.3, -0.25) is 14.9 Å². The molecular weight excluding hydrogens is 238 g/mol. The summed E-state index contributed by atoms with van der Waals surface area (Å²) in [6, 6.07) is 5.70. The molecule has 7 nitrogen and oxygen atoms in total. The number of methoxy groups -OCH3 is 1. The fourth-order valence-electron chi connectivity index (χ4n) is 2.01. The van der Waals surface area contributed by atoms with Crippen molar-refractivity contribution < 1.29 is 14.5 Å². The van der Waals surface area contributed by atoms with Crippen LogP contribution >= 0.6 is 0 Å². The van der Waals surface area contributed by atoms with E-state index in [1.165, 1.54) is 13.2 Å². The molecule has 0 radical (unpaired) electrons. The Morgan fingerprint density at radius 3 is 2.83 bits per heavy atom. The van der Waals surface area contributed by atoms with Crippen LogP contribution in [0.15, 0.2) is 24.3 Å². The monoisotopic (exact) mass is 251 g/mol. The number of hydrogen-bond donors (Lipinski definition) is 2. The number of para-hydroxylation sites is 1. The third-order valence-electron chi connectivity index (χ3n) is 2.90. The van der Waals surface area contributed by atoms with Crippen LogP contribution in [0, 0.1) is 10.1 Å². The van der Waals surface area contributed by atoms with Crippen molar-refractivity contribution in [3.05, 3.63) is 39.9 Å². The van der Waals surface area contributed by atoms with Crippen LogP contribution in [-0.2, 0) is 9.53 Å². The standard InChI is InChI=1S/C11H13N3O4/c1-18-11(15)9-6-8(12-13-9)7-4-2-3-5-10(7)14(16)17/h2-5,8-9,12-13H,6H2,1H3. The number of nitrogens with zero attached hydrogens (tertiary/aromatic N) is 1. The summed E-state index contributed by atoms with van der Waals surface area (Å²) < 4.78 is 4.62. The summed E-state index contributed by atoms with van der Waals surface area (Å²) in [5.41, 5.74) is 6.25. The van der Waals surface area contributed by atoms with E-state index in [-0.39, 0.29) is 17.7 Å². The zero-order chi connectivity index (χ0) is 13.1. The number of benzene rings is 1. The maximum absolute atomic E-state index is 11.4. The second-order valence-electron chi connectivity index (χ2n) is 3.97. The predicted molar refractivity (Wildman–Crippen MR) is 62.5 cm³/mol. The van der Waals surface area contributed by atoms with Crippen LogP contribution in [0.3, 0.4) is 0 Å². The minimum atomic E-state index is -0.486.